The summed E-state index contributed by atoms with van der Waals surface area (Å²) in [6.45, 7) is 17.8. The maximum absolute atomic E-state index is 10.8. The van der Waals surface area contributed by atoms with Gasteiger partial charge in [0.2, 0.25) is 0 Å². The van der Waals surface area contributed by atoms with Gasteiger partial charge >= 0.3 is 23.9 Å². The van der Waals surface area contributed by atoms with Gasteiger partial charge in [-0.25, -0.2) is 19.2 Å². The minimum Gasteiger partial charge on any atom is -0.462 e. The van der Waals surface area contributed by atoms with Crippen molar-refractivity contribution in [2.24, 2.45) is 5.41 Å². The molecule has 0 aromatic heterocycles. The number of rotatable bonds is 14. The maximum atomic E-state index is 10.8. The van der Waals surface area contributed by atoms with Gasteiger partial charge in [-0.05, 0) is 0 Å². The largest absolute Gasteiger partial charge is 0.462 e. The Hall–Kier alpha value is -3.20. The Bertz CT molecular complexity index is 556. The fourth-order valence-corrected chi connectivity index (χ4v) is 1.31. The summed E-state index contributed by atoms with van der Waals surface area (Å²) >= 11 is 0. The van der Waals surface area contributed by atoms with E-state index in [2.05, 4.69) is 35.8 Å². The van der Waals surface area contributed by atoms with Crippen molar-refractivity contribution in [1.29, 1.82) is 0 Å². The van der Waals surface area contributed by atoms with Crippen LogP contribution in [0, 0.1) is 5.41 Å². The summed E-state index contributed by atoms with van der Waals surface area (Å²) in [5, 5.41) is 0. The number of carbonyl (C=O) groups excluding carboxylic acids is 4. The molecule has 9 nitrogen and oxygen atoms in total. The van der Waals surface area contributed by atoms with Crippen LogP contribution in [-0.2, 0) is 42.9 Å². The summed E-state index contributed by atoms with van der Waals surface area (Å²) < 4.78 is 24.0. The smallest absolute Gasteiger partial charge is 0.330 e. The SMILES string of the molecule is C=CC(=O)OCC(C)(C)COC(=O)C=C.C=CC(=O)OCCOCCOC(=O)C=C. The molecular formula is C21H30O9. The number of esters is 4. The molecule has 0 fully saturated rings. The zero-order valence-corrected chi connectivity index (χ0v) is 17.6. The lowest BCUT2D eigenvalue weighted by molar-refractivity contribution is -0.146. The van der Waals surface area contributed by atoms with Gasteiger partial charge in [-0.3, -0.25) is 0 Å². The number of ether oxygens (including phenoxy) is 5. The molecule has 0 aromatic rings. The molecule has 0 unspecified atom stereocenters. The van der Waals surface area contributed by atoms with E-state index in [1.165, 1.54) is 0 Å². The second-order valence-corrected chi connectivity index (χ2v) is 6.14. The van der Waals surface area contributed by atoms with E-state index >= 15 is 0 Å². The Kier molecular flexibility index (Phi) is 17.3. The van der Waals surface area contributed by atoms with Crippen LogP contribution in [0.2, 0.25) is 0 Å². The molecule has 0 amide bonds. The molecule has 168 valence electrons. The third-order valence-corrected chi connectivity index (χ3v) is 2.82. The average Bonchev–Trinajstić information content (AvgIpc) is 2.75. The van der Waals surface area contributed by atoms with E-state index in [0.29, 0.717) is 0 Å². The molecule has 0 radical (unpaired) electrons. The molecule has 0 heterocycles. The molecule has 30 heavy (non-hydrogen) atoms. The summed E-state index contributed by atoms with van der Waals surface area (Å²) in [4.78, 5) is 42.7. The van der Waals surface area contributed by atoms with Gasteiger partial charge in [0.1, 0.15) is 13.2 Å². The van der Waals surface area contributed by atoms with Crippen LogP contribution in [-0.4, -0.2) is 63.5 Å². The Balaban J connectivity index is 0. The lowest BCUT2D eigenvalue weighted by Crippen LogP contribution is -2.27. The predicted octanol–water partition coefficient (Wildman–Crippen LogP) is 1.93. The molecule has 0 bridgehead atoms. The van der Waals surface area contributed by atoms with Crippen molar-refractivity contribution in [3.63, 3.8) is 0 Å². The lowest BCUT2D eigenvalue weighted by atomic mass is 9.96. The standard InChI is InChI=1S/C11H16O4.C10H14O5/c1-5-9(12)14-7-11(3,4)8-15-10(13)6-2;1-3-9(11)14-7-5-13-6-8-15-10(12)4-2/h5-6H,1-2,7-8H2,3-4H3;3-4H,1-2,5-8H2. The van der Waals surface area contributed by atoms with Crippen molar-refractivity contribution in [2.75, 3.05) is 39.6 Å². The van der Waals surface area contributed by atoms with E-state index in [1.807, 2.05) is 13.8 Å². The van der Waals surface area contributed by atoms with Crippen LogP contribution in [0.5, 0.6) is 0 Å². The zero-order chi connectivity index (χ0) is 23.4. The highest BCUT2D eigenvalue weighted by Gasteiger charge is 2.21. The molecule has 0 atom stereocenters. The van der Waals surface area contributed by atoms with E-state index in [4.69, 9.17) is 14.2 Å². The quantitative estimate of drug-likeness (QED) is 0.178. The first-order valence-electron chi connectivity index (χ1n) is 8.86. The Morgan fingerprint density at radius 3 is 1.20 bits per heavy atom. The molecule has 0 aliphatic heterocycles. The number of hydrogen-bond acceptors (Lipinski definition) is 9. The van der Waals surface area contributed by atoms with Gasteiger partial charge < -0.3 is 23.7 Å². The monoisotopic (exact) mass is 426 g/mol. The molecule has 0 saturated heterocycles. The Labute approximate surface area is 176 Å². The summed E-state index contributed by atoms with van der Waals surface area (Å²) in [6.07, 6.45) is 4.33. The predicted molar refractivity (Wildman–Crippen MR) is 109 cm³/mol. The highest BCUT2D eigenvalue weighted by Crippen LogP contribution is 2.16. The first kappa shape index (κ1) is 29.0. The second-order valence-electron chi connectivity index (χ2n) is 6.14. The molecule has 0 spiro atoms. The van der Waals surface area contributed by atoms with Gasteiger partial charge in [0.05, 0.1) is 26.4 Å². The Morgan fingerprint density at radius 2 is 0.900 bits per heavy atom. The van der Waals surface area contributed by atoms with Crippen LogP contribution in [0.15, 0.2) is 50.6 Å². The van der Waals surface area contributed by atoms with E-state index in [-0.39, 0.29) is 39.6 Å². The average molecular weight is 426 g/mol. The molecule has 0 aliphatic rings. The van der Waals surface area contributed by atoms with E-state index in [0.717, 1.165) is 24.3 Å². The van der Waals surface area contributed by atoms with Crippen molar-refractivity contribution in [2.45, 2.75) is 13.8 Å². The van der Waals surface area contributed by atoms with Gasteiger partial charge in [0.15, 0.2) is 0 Å². The first-order valence-corrected chi connectivity index (χ1v) is 8.86. The van der Waals surface area contributed by atoms with Crippen LogP contribution in [0.25, 0.3) is 0 Å². The van der Waals surface area contributed by atoms with Gasteiger partial charge in [-0.2, -0.15) is 0 Å². The maximum Gasteiger partial charge on any atom is 0.330 e. The van der Waals surface area contributed by atoms with Gasteiger partial charge in [0.25, 0.3) is 0 Å². The fraction of sp³-hybridized carbons (Fsp3) is 0.429. The first-order chi connectivity index (χ1) is 14.1. The third-order valence-electron chi connectivity index (χ3n) is 2.82. The van der Waals surface area contributed by atoms with Crippen LogP contribution in [0.4, 0.5) is 0 Å². The number of hydrogen-bond donors (Lipinski definition) is 0. The molecule has 0 saturated carbocycles. The molecule has 0 aromatic carbocycles. The molecule has 0 aliphatic carbocycles. The molecule has 0 rings (SSSR count). The van der Waals surface area contributed by atoms with Crippen molar-refractivity contribution < 1.29 is 42.9 Å². The van der Waals surface area contributed by atoms with Gasteiger partial charge in [-0.1, -0.05) is 40.2 Å². The van der Waals surface area contributed by atoms with Crippen molar-refractivity contribution in [1.82, 2.24) is 0 Å². The molecule has 0 N–H and O–H groups in total. The van der Waals surface area contributed by atoms with Crippen molar-refractivity contribution in [3.8, 4) is 0 Å². The van der Waals surface area contributed by atoms with Crippen LogP contribution in [0.1, 0.15) is 13.8 Å². The van der Waals surface area contributed by atoms with Gasteiger partial charge in [0, 0.05) is 29.7 Å². The van der Waals surface area contributed by atoms with E-state index in [1.54, 1.807) is 0 Å². The number of carbonyl (C=O) groups is 4. The van der Waals surface area contributed by atoms with Crippen LogP contribution >= 0.6 is 0 Å². The van der Waals surface area contributed by atoms with Gasteiger partial charge in [-0.15, -0.1) is 0 Å². The summed E-state index contributed by atoms with van der Waals surface area (Å²) in [6, 6.07) is 0. The minimum atomic E-state index is -0.489. The third kappa shape index (κ3) is 19.6. The topological polar surface area (TPSA) is 114 Å². The zero-order valence-electron chi connectivity index (χ0n) is 17.6. The van der Waals surface area contributed by atoms with E-state index in [9.17, 15) is 19.2 Å². The molecule has 9 heteroatoms. The van der Waals surface area contributed by atoms with E-state index < -0.39 is 29.3 Å². The van der Waals surface area contributed by atoms with Crippen LogP contribution < -0.4 is 0 Å². The second kappa shape index (κ2) is 17.9. The van der Waals surface area contributed by atoms with Crippen LogP contribution in [0.3, 0.4) is 0 Å². The fourth-order valence-electron chi connectivity index (χ4n) is 1.31. The highest BCUT2D eigenvalue weighted by atomic mass is 16.6. The summed E-state index contributed by atoms with van der Waals surface area (Å²) in [5.41, 5.74) is -0.419. The highest BCUT2D eigenvalue weighted by molar-refractivity contribution is 5.82. The van der Waals surface area contributed by atoms with Crippen molar-refractivity contribution >= 4 is 23.9 Å². The lowest BCUT2D eigenvalue weighted by Gasteiger charge is -2.22. The molecular weight excluding hydrogens is 396 g/mol. The minimum absolute atomic E-state index is 0.153. The van der Waals surface area contributed by atoms with Crippen molar-refractivity contribution in [3.05, 3.63) is 50.6 Å². The summed E-state index contributed by atoms with van der Waals surface area (Å²) in [5.74, 6) is -1.95. The Morgan fingerprint density at radius 1 is 0.600 bits per heavy atom. The normalized spacial score (nSPS) is 9.67. The summed E-state index contributed by atoms with van der Waals surface area (Å²) in [7, 11) is 0.